The zero-order valence-corrected chi connectivity index (χ0v) is 11.9. The molecule has 1 aromatic carbocycles. The average Bonchev–Trinajstić information content (AvgIpc) is 2.37. The van der Waals surface area contributed by atoms with E-state index in [0.717, 1.165) is 5.56 Å². The molecule has 1 aromatic rings. The summed E-state index contributed by atoms with van der Waals surface area (Å²) in [6, 6.07) is 7.20. The highest BCUT2D eigenvalue weighted by molar-refractivity contribution is 6.54. The molecule has 0 radical (unpaired) electrons. The van der Waals surface area contributed by atoms with Crippen molar-refractivity contribution in [3.63, 3.8) is 0 Å². The third kappa shape index (κ3) is 3.98. The first-order chi connectivity index (χ1) is 8.84. The van der Waals surface area contributed by atoms with Gasteiger partial charge in [-0.2, -0.15) is 0 Å². The van der Waals surface area contributed by atoms with Gasteiger partial charge in [-0.15, -0.1) is 0 Å². The van der Waals surface area contributed by atoms with Crippen molar-refractivity contribution in [2.45, 2.75) is 19.8 Å². The molecule has 1 rings (SSSR count). The van der Waals surface area contributed by atoms with Gasteiger partial charge < -0.3 is 10.4 Å². The number of nitrogens with one attached hydrogen (secondary N) is 1. The Balaban J connectivity index is 3.01. The highest BCUT2D eigenvalue weighted by atomic mass is 35.5. The summed E-state index contributed by atoms with van der Waals surface area (Å²) in [5.74, 6) is -1.99. The van der Waals surface area contributed by atoms with Crippen molar-refractivity contribution in [2.24, 2.45) is 0 Å². The van der Waals surface area contributed by atoms with Gasteiger partial charge in [0, 0.05) is 5.69 Å². The fourth-order valence-corrected chi connectivity index (χ4v) is 1.70. The van der Waals surface area contributed by atoms with E-state index in [1.165, 1.54) is 0 Å². The lowest BCUT2D eigenvalue weighted by Gasteiger charge is -2.13. The molecule has 6 heteroatoms. The quantitative estimate of drug-likeness (QED) is 0.836. The summed E-state index contributed by atoms with van der Waals surface area (Å²) in [6.07, 6.45) is 0. The summed E-state index contributed by atoms with van der Waals surface area (Å²) in [6.45, 7) is 3.96. The van der Waals surface area contributed by atoms with Crippen molar-refractivity contribution in [3.05, 3.63) is 39.9 Å². The standard InChI is InChI=1S/C13H13Cl2NO3/c1-7(2)8-5-3-4-6-9(8)16-12(17)10(14)11(15)13(18)19/h3-7H,1-2H3,(H,16,17)(H,18,19)/b11-10+. The number of rotatable bonds is 4. The fourth-order valence-electron chi connectivity index (χ4n) is 1.49. The van der Waals surface area contributed by atoms with Crippen LogP contribution in [0.15, 0.2) is 34.3 Å². The number of hydrogen-bond acceptors (Lipinski definition) is 2. The molecule has 0 saturated carbocycles. The number of carboxylic acid groups (broad SMARTS) is 1. The molecule has 0 heterocycles. The first-order valence-electron chi connectivity index (χ1n) is 5.53. The molecule has 0 aromatic heterocycles. The number of carbonyl (C=O) groups excluding carboxylic acids is 1. The van der Waals surface area contributed by atoms with Crippen LogP contribution in [0.5, 0.6) is 0 Å². The van der Waals surface area contributed by atoms with Gasteiger partial charge in [0.15, 0.2) is 0 Å². The average molecular weight is 302 g/mol. The largest absolute Gasteiger partial charge is 0.477 e. The van der Waals surface area contributed by atoms with E-state index in [2.05, 4.69) is 5.32 Å². The zero-order chi connectivity index (χ0) is 14.6. The number of benzene rings is 1. The van der Waals surface area contributed by atoms with Crippen LogP contribution in [-0.2, 0) is 9.59 Å². The van der Waals surface area contributed by atoms with Gasteiger partial charge in [-0.05, 0) is 17.5 Å². The third-order valence-corrected chi connectivity index (χ3v) is 3.22. The number of carbonyl (C=O) groups is 2. The minimum Gasteiger partial charge on any atom is -0.477 e. The van der Waals surface area contributed by atoms with Crippen molar-refractivity contribution in [2.75, 3.05) is 5.32 Å². The van der Waals surface area contributed by atoms with Crippen molar-refractivity contribution < 1.29 is 14.7 Å². The van der Waals surface area contributed by atoms with Crippen LogP contribution in [0.1, 0.15) is 25.3 Å². The van der Waals surface area contributed by atoms with Gasteiger partial charge in [0.25, 0.3) is 5.91 Å². The Bertz CT molecular complexity index is 538. The molecule has 19 heavy (non-hydrogen) atoms. The van der Waals surface area contributed by atoms with Crippen LogP contribution in [0.3, 0.4) is 0 Å². The SMILES string of the molecule is CC(C)c1ccccc1NC(=O)/C(Cl)=C(\Cl)C(=O)O. The van der Waals surface area contributed by atoms with E-state index in [9.17, 15) is 9.59 Å². The van der Waals surface area contributed by atoms with E-state index in [1.807, 2.05) is 26.0 Å². The van der Waals surface area contributed by atoms with Crippen LogP contribution in [0.25, 0.3) is 0 Å². The number of aliphatic carboxylic acids is 1. The smallest absolute Gasteiger partial charge is 0.349 e. The summed E-state index contributed by atoms with van der Waals surface area (Å²) in [7, 11) is 0. The van der Waals surface area contributed by atoms with E-state index in [1.54, 1.807) is 12.1 Å². The zero-order valence-electron chi connectivity index (χ0n) is 10.4. The van der Waals surface area contributed by atoms with E-state index in [0.29, 0.717) is 5.69 Å². The van der Waals surface area contributed by atoms with Gasteiger partial charge in [-0.1, -0.05) is 55.2 Å². The van der Waals surface area contributed by atoms with Crippen LogP contribution in [-0.4, -0.2) is 17.0 Å². The second kappa shape index (κ2) is 6.59. The summed E-state index contributed by atoms with van der Waals surface area (Å²) >= 11 is 11.0. The third-order valence-electron chi connectivity index (χ3n) is 2.41. The highest BCUT2D eigenvalue weighted by Crippen LogP contribution is 2.25. The first-order valence-corrected chi connectivity index (χ1v) is 6.29. The monoisotopic (exact) mass is 301 g/mol. The first kappa shape index (κ1) is 15.5. The Labute approximate surface area is 121 Å². The highest BCUT2D eigenvalue weighted by Gasteiger charge is 2.18. The predicted octanol–water partition coefficient (Wildman–Crippen LogP) is 3.52. The van der Waals surface area contributed by atoms with Gasteiger partial charge in [-0.3, -0.25) is 4.79 Å². The number of carboxylic acids is 1. The molecule has 0 atom stereocenters. The van der Waals surface area contributed by atoms with Crippen LogP contribution in [0.2, 0.25) is 0 Å². The molecule has 0 unspecified atom stereocenters. The second-order valence-electron chi connectivity index (χ2n) is 4.13. The van der Waals surface area contributed by atoms with Crippen LogP contribution in [0.4, 0.5) is 5.69 Å². The fraction of sp³-hybridized carbons (Fsp3) is 0.231. The molecule has 2 N–H and O–H groups in total. The number of anilines is 1. The van der Waals surface area contributed by atoms with E-state index < -0.39 is 21.9 Å². The summed E-state index contributed by atoms with van der Waals surface area (Å²) < 4.78 is 0. The maximum Gasteiger partial charge on any atom is 0.349 e. The number of halogens is 2. The topological polar surface area (TPSA) is 66.4 Å². The molecular formula is C13H13Cl2NO3. The molecule has 0 fully saturated rings. The Morgan fingerprint density at radius 2 is 1.74 bits per heavy atom. The number of amides is 1. The van der Waals surface area contributed by atoms with E-state index in [-0.39, 0.29) is 5.92 Å². The maximum absolute atomic E-state index is 11.8. The number of hydrogen-bond donors (Lipinski definition) is 2. The van der Waals surface area contributed by atoms with Gasteiger partial charge in [-0.25, -0.2) is 4.79 Å². The lowest BCUT2D eigenvalue weighted by Crippen LogP contribution is -2.15. The summed E-state index contributed by atoms with van der Waals surface area (Å²) in [5.41, 5.74) is 1.50. The Hall–Kier alpha value is -1.52. The van der Waals surface area contributed by atoms with Gasteiger partial charge in [0.1, 0.15) is 10.1 Å². The summed E-state index contributed by atoms with van der Waals surface area (Å²) in [5, 5.41) is 9.95. The maximum atomic E-state index is 11.8. The van der Waals surface area contributed by atoms with Crippen LogP contribution < -0.4 is 5.32 Å². The lowest BCUT2D eigenvalue weighted by molar-refractivity contribution is -0.132. The molecule has 0 aliphatic rings. The molecule has 1 amide bonds. The molecule has 0 saturated heterocycles. The van der Waals surface area contributed by atoms with E-state index >= 15 is 0 Å². The molecule has 0 aliphatic carbocycles. The normalized spacial score (nSPS) is 12.1. The van der Waals surface area contributed by atoms with Gasteiger partial charge in [0.05, 0.1) is 0 Å². The van der Waals surface area contributed by atoms with E-state index in [4.69, 9.17) is 28.3 Å². The van der Waals surface area contributed by atoms with Gasteiger partial charge >= 0.3 is 5.97 Å². The van der Waals surface area contributed by atoms with Crippen LogP contribution >= 0.6 is 23.2 Å². The minimum absolute atomic E-state index is 0.203. The van der Waals surface area contributed by atoms with Crippen molar-refractivity contribution in [1.82, 2.24) is 0 Å². The molecule has 102 valence electrons. The Morgan fingerprint density at radius 3 is 2.26 bits per heavy atom. The predicted molar refractivity (Wildman–Crippen MR) is 75.5 cm³/mol. The summed E-state index contributed by atoms with van der Waals surface area (Å²) in [4.78, 5) is 22.4. The second-order valence-corrected chi connectivity index (χ2v) is 4.89. The minimum atomic E-state index is -1.45. The van der Waals surface area contributed by atoms with Crippen molar-refractivity contribution in [3.8, 4) is 0 Å². The number of para-hydroxylation sites is 1. The van der Waals surface area contributed by atoms with Gasteiger partial charge in [0.2, 0.25) is 0 Å². The van der Waals surface area contributed by atoms with Crippen molar-refractivity contribution in [1.29, 1.82) is 0 Å². The Kier molecular flexibility index (Phi) is 5.39. The van der Waals surface area contributed by atoms with Crippen molar-refractivity contribution >= 4 is 40.8 Å². The molecule has 0 spiro atoms. The molecular weight excluding hydrogens is 289 g/mol. The van der Waals surface area contributed by atoms with Crippen LogP contribution in [0, 0.1) is 0 Å². The molecule has 4 nitrogen and oxygen atoms in total. The molecule has 0 aliphatic heterocycles. The lowest BCUT2D eigenvalue weighted by atomic mass is 10.0. The Morgan fingerprint density at radius 1 is 1.16 bits per heavy atom. The molecule has 0 bridgehead atoms.